The maximum Gasteiger partial charge on any atom is 0.249 e. The van der Waals surface area contributed by atoms with Crippen LogP contribution in [0.3, 0.4) is 0 Å². The monoisotopic (exact) mass is 467 g/mol. The number of nitriles is 1. The molecule has 35 heavy (non-hydrogen) atoms. The molecular formula is C24H21N9O2. The van der Waals surface area contributed by atoms with Gasteiger partial charge in [0.15, 0.2) is 0 Å². The van der Waals surface area contributed by atoms with Crippen molar-refractivity contribution in [2.24, 2.45) is 0 Å². The molecule has 4 heterocycles. The van der Waals surface area contributed by atoms with E-state index in [4.69, 9.17) is 4.42 Å². The number of H-pyrrole nitrogens is 1. The predicted molar refractivity (Wildman–Crippen MR) is 123 cm³/mol. The second kappa shape index (κ2) is 8.64. The number of carbonyl (C=O) groups is 1. The van der Waals surface area contributed by atoms with Crippen LogP contribution >= 0.6 is 0 Å². The van der Waals surface area contributed by atoms with Crippen LogP contribution in [0, 0.1) is 11.3 Å². The van der Waals surface area contributed by atoms with Crippen LogP contribution in [0.2, 0.25) is 0 Å². The average molecular weight is 467 g/mol. The van der Waals surface area contributed by atoms with Gasteiger partial charge in [-0.05, 0) is 30.0 Å². The van der Waals surface area contributed by atoms with Gasteiger partial charge >= 0.3 is 0 Å². The van der Waals surface area contributed by atoms with Crippen molar-refractivity contribution in [2.45, 2.75) is 38.3 Å². The Morgan fingerprint density at radius 3 is 2.80 bits per heavy atom. The van der Waals surface area contributed by atoms with E-state index < -0.39 is 0 Å². The van der Waals surface area contributed by atoms with Crippen molar-refractivity contribution >= 4 is 11.7 Å². The summed E-state index contributed by atoms with van der Waals surface area (Å²) in [4.78, 5) is 18.9. The van der Waals surface area contributed by atoms with Crippen molar-refractivity contribution in [1.29, 1.82) is 5.26 Å². The Balaban J connectivity index is 1.13. The van der Waals surface area contributed by atoms with Gasteiger partial charge in [-0.2, -0.15) is 20.7 Å². The van der Waals surface area contributed by atoms with Gasteiger partial charge in [0.2, 0.25) is 17.7 Å². The van der Waals surface area contributed by atoms with E-state index in [0.29, 0.717) is 36.5 Å². The molecule has 1 amide bonds. The fourth-order valence-corrected chi connectivity index (χ4v) is 4.63. The third kappa shape index (κ3) is 4.10. The second-order valence-corrected chi connectivity index (χ2v) is 8.71. The molecule has 0 saturated heterocycles. The standard InChI is InChI=1S/C24H21N9O2/c25-11-16-7-17(12-26-23(16)27-18-8-14-3-1-2-4-15(14)9-18)24-31-30-21(35-24)10-22(34)33-6-5-19-20(13-33)29-32-28-19/h1-4,7,12,18H,5-6,8-10,13H2,(H,26,27)(H,28,29,32). The third-order valence-electron chi connectivity index (χ3n) is 6.43. The lowest BCUT2D eigenvalue weighted by molar-refractivity contribution is -0.131. The molecule has 1 aliphatic carbocycles. The highest BCUT2D eigenvalue weighted by atomic mass is 16.4. The molecule has 11 nitrogen and oxygen atoms in total. The molecule has 1 aliphatic heterocycles. The summed E-state index contributed by atoms with van der Waals surface area (Å²) in [7, 11) is 0. The number of anilines is 1. The minimum atomic E-state index is -0.123. The fourth-order valence-electron chi connectivity index (χ4n) is 4.63. The number of aromatic nitrogens is 6. The number of fused-ring (bicyclic) bond motifs is 2. The molecule has 2 N–H and O–H groups in total. The van der Waals surface area contributed by atoms with Crippen LogP contribution in [0.15, 0.2) is 40.9 Å². The second-order valence-electron chi connectivity index (χ2n) is 8.71. The molecule has 0 atom stereocenters. The van der Waals surface area contributed by atoms with E-state index in [1.807, 2.05) is 12.1 Å². The van der Waals surface area contributed by atoms with Gasteiger partial charge in [-0.25, -0.2) is 4.98 Å². The summed E-state index contributed by atoms with van der Waals surface area (Å²) in [6.45, 7) is 0.969. The largest absolute Gasteiger partial charge is 0.420 e. The normalized spacial score (nSPS) is 14.9. The van der Waals surface area contributed by atoms with Crippen LogP contribution in [0.1, 0.15) is 34.0 Å². The van der Waals surface area contributed by atoms with E-state index in [0.717, 1.165) is 24.2 Å². The van der Waals surface area contributed by atoms with E-state index in [9.17, 15) is 10.1 Å². The molecule has 1 aromatic carbocycles. The zero-order valence-corrected chi connectivity index (χ0v) is 18.7. The highest BCUT2D eigenvalue weighted by Gasteiger charge is 2.26. The van der Waals surface area contributed by atoms with Crippen molar-refractivity contribution in [3.63, 3.8) is 0 Å². The van der Waals surface area contributed by atoms with Crippen LogP contribution in [-0.2, 0) is 37.0 Å². The quantitative estimate of drug-likeness (QED) is 0.448. The first-order chi connectivity index (χ1) is 17.2. The molecule has 6 rings (SSSR count). The number of nitrogens with zero attached hydrogens (tertiary/aromatic N) is 7. The molecule has 0 saturated carbocycles. The lowest BCUT2D eigenvalue weighted by Gasteiger charge is -2.24. The maximum atomic E-state index is 12.7. The number of rotatable bonds is 5. The summed E-state index contributed by atoms with van der Waals surface area (Å²) in [5.41, 5.74) is 5.23. The Labute approximate surface area is 200 Å². The zero-order chi connectivity index (χ0) is 23.8. The molecule has 2 aliphatic rings. The Morgan fingerprint density at radius 1 is 1.20 bits per heavy atom. The minimum absolute atomic E-state index is 0.0133. The van der Waals surface area contributed by atoms with Crippen molar-refractivity contribution in [1.82, 2.24) is 35.5 Å². The topological polar surface area (TPSA) is 150 Å². The molecule has 174 valence electrons. The molecule has 0 bridgehead atoms. The van der Waals surface area contributed by atoms with Gasteiger partial charge in [-0.1, -0.05) is 24.3 Å². The smallest absolute Gasteiger partial charge is 0.249 e. The van der Waals surface area contributed by atoms with Gasteiger partial charge in [0.1, 0.15) is 24.0 Å². The number of hydrogen-bond acceptors (Lipinski definition) is 9. The summed E-state index contributed by atoms with van der Waals surface area (Å²) in [5, 5.41) is 31.9. The zero-order valence-electron chi connectivity index (χ0n) is 18.7. The van der Waals surface area contributed by atoms with Crippen LogP contribution in [0.4, 0.5) is 5.82 Å². The SMILES string of the molecule is N#Cc1cc(-c2nnc(CC(=O)N3CCc4n[nH]nc4C3)o2)cnc1NC1Cc2ccccc2C1. The van der Waals surface area contributed by atoms with Crippen LogP contribution in [0.25, 0.3) is 11.5 Å². The summed E-state index contributed by atoms with van der Waals surface area (Å²) >= 11 is 0. The Morgan fingerprint density at radius 2 is 2.00 bits per heavy atom. The van der Waals surface area contributed by atoms with Gasteiger partial charge in [-0.15, -0.1) is 10.2 Å². The van der Waals surface area contributed by atoms with Gasteiger partial charge in [0.05, 0.1) is 23.4 Å². The first-order valence-corrected chi connectivity index (χ1v) is 11.4. The van der Waals surface area contributed by atoms with Gasteiger partial charge < -0.3 is 14.6 Å². The van der Waals surface area contributed by atoms with Crippen molar-refractivity contribution in [3.8, 4) is 17.5 Å². The summed E-state index contributed by atoms with van der Waals surface area (Å²) in [6, 6.07) is 12.4. The molecule has 0 unspecified atom stereocenters. The van der Waals surface area contributed by atoms with E-state index in [1.165, 1.54) is 11.1 Å². The van der Waals surface area contributed by atoms with E-state index in [2.05, 4.69) is 54.1 Å². The molecule has 0 fully saturated rings. The van der Waals surface area contributed by atoms with Gasteiger partial charge in [0.25, 0.3) is 0 Å². The first kappa shape index (κ1) is 21.0. The fraction of sp³-hybridized carbons (Fsp3) is 0.292. The van der Waals surface area contributed by atoms with Gasteiger partial charge in [0, 0.05) is 25.2 Å². The van der Waals surface area contributed by atoms with Gasteiger partial charge in [-0.3, -0.25) is 4.79 Å². The number of aromatic amines is 1. The molecule has 11 heteroatoms. The van der Waals surface area contributed by atoms with Crippen molar-refractivity contribution in [2.75, 3.05) is 11.9 Å². The molecule has 0 radical (unpaired) electrons. The molecule has 3 aromatic heterocycles. The van der Waals surface area contributed by atoms with E-state index in [-0.39, 0.29) is 30.2 Å². The summed E-state index contributed by atoms with van der Waals surface area (Å²) in [6.07, 6.45) is 4.02. The summed E-state index contributed by atoms with van der Waals surface area (Å²) < 4.78 is 5.73. The van der Waals surface area contributed by atoms with Crippen LogP contribution in [0.5, 0.6) is 0 Å². The third-order valence-corrected chi connectivity index (χ3v) is 6.43. The van der Waals surface area contributed by atoms with Crippen molar-refractivity contribution in [3.05, 3.63) is 70.5 Å². The first-order valence-electron chi connectivity index (χ1n) is 11.4. The van der Waals surface area contributed by atoms with Crippen LogP contribution < -0.4 is 5.32 Å². The number of benzene rings is 1. The maximum absolute atomic E-state index is 12.7. The molecule has 0 spiro atoms. The number of carbonyl (C=O) groups excluding carboxylic acids is 1. The molecule has 4 aromatic rings. The molecular weight excluding hydrogens is 446 g/mol. The Kier molecular flexibility index (Phi) is 5.18. The number of amides is 1. The average Bonchev–Trinajstić information content (AvgIpc) is 3.63. The lowest BCUT2D eigenvalue weighted by Crippen LogP contribution is -2.37. The minimum Gasteiger partial charge on any atom is -0.420 e. The Bertz CT molecular complexity index is 1430. The predicted octanol–water partition coefficient (Wildman–Crippen LogP) is 1.83. The van der Waals surface area contributed by atoms with Crippen LogP contribution in [-0.4, -0.2) is 54.0 Å². The van der Waals surface area contributed by atoms with E-state index in [1.54, 1.807) is 17.2 Å². The van der Waals surface area contributed by atoms with Crippen molar-refractivity contribution < 1.29 is 9.21 Å². The number of hydrogen-bond donors (Lipinski definition) is 2. The highest BCUT2D eigenvalue weighted by molar-refractivity contribution is 5.78. The highest BCUT2D eigenvalue weighted by Crippen LogP contribution is 2.27. The van der Waals surface area contributed by atoms with E-state index >= 15 is 0 Å². The summed E-state index contributed by atoms with van der Waals surface area (Å²) in [5.74, 6) is 0.831. The lowest BCUT2D eigenvalue weighted by atomic mass is 10.1. The number of nitrogens with one attached hydrogen (secondary N) is 2. The Hall–Kier alpha value is -4.59. The number of pyridine rings is 1.